The van der Waals surface area contributed by atoms with Gasteiger partial charge in [0.1, 0.15) is 0 Å². The number of aromatic carboxylic acids is 1. The van der Waals surface area contributed by atoms with Gasteiger partial charge in [-0.05, 0) is 30.5 Å². The number of hydrogen-bond acceptors (Lipinski definition) is 3. The van der Waals surface area contributed by atoms with Gasteiger partial charge in [-0.1, -0.05) is 25.5 Å². The van der Waals surface area contributed by atoms with E-state index in [4.69, 9.17) is 10.8 Å². The lowest BCUT2D eigenvalue weighted by Crippen LogP contribution is -2.41. The summed E-state index contributed by atoms with van der Waals surface area (Å²) in [4.78, 5) is 22.2. The quantitative estimate of drug-likeness (QED) is 0.689. The Morgan fingerprint density at radius 2 is 1.95 bits per heavy atom. The van der Waals surface area contributed by atoms with Crippen molar-refractivity contribution in [1.29, 1.82) is 0 Å². The lowest BCUT2D eigenvalue weighted by atomic mass is 10.1. The van der Waals surface area contributed by atoms with Crippen LogP contribution in [0.5, 0.6) is 0 Å². The summed E-state index contributed by atoms with van der Waals surface area (Å²) in [6.07, 6.45) is 2.22. The first-order chi connectivity index (χ1) is 9.04. The molecule has 5 heteroatoms. The normalized spacial score (nSPS) is 11.9. The van der Waals surface area contributed by atoms with Crippen LogP contribution in [-0.4, -0.2) is 29.6 Å². The Bertz CT molecular complexity index is 429. The molecule has 4 N–H and O–H groups in total. The summed E-state index contributed by atoms with van der Waals surface area (Å²) in [5.74, 6) is -1.07. The zero-order chi connectivity index (χ0) is 14.3. The van der Waals surface area contributed by atoms with Crippen molar-refractivity contribution < 1.29 is 14.7 Å². The van der Waals surface area contributed by atoms with Gasteiger partial charge in [0.25, 0.3) is 0 Å². The highest BCUT2D eigenvalue weighted by atomic mass is 16.4. The molecule has 19 heavy (non-hydrogen) atoms. The largest absolute Gasteiger partial charge is 0.478 e. The van der Waals surface area contributed by atoms with E-state index in [1.165, 1.54) is 0 Å². The molecule has 0 aliphatic heterocycles. The summed E-state index contributed by atoms with van der Waals surface area (Å²) in [5.41, 5.74) is 6.93. The molecule has 1 rings (SSSR count). The number of carboxylic acids is 1. The molecule has 0 radical (unpaired) electrons. The summed E-state index contributed by atoms with van der Waals surface area (Å²) < 4.78 is 0. The van der Waals surface area contributed by atoms with Gasteiger partial charge in [0.15, 0.2) is 0 Å². The second kappa shape index (κ2) is 7.53. The summed E-state index contributed by atoms with van der Waals surface area (Å²) in [6, 6.07) is 6.17. The van der Waals surface area contributed by atoms with E-state index in [2.05, 4.69) is 5.32 Å². The molecular weight excluding hydrogens is 244 g/mol. The Morgan fingerprint density at radius 3 is 2.47 bits per heavy atom. The number of rotatable bonds is 7. The van der Waals surface area contributed by atoms with Gasteiger partial charge < -0.3 is 16.2 Å². The first-order valence-corrected chi connectivity index (χ1v) is 6.40. The van der Waals surface area contributed by atoms with Crippen LogP contribution in [0.1, 0.15) is 35.7 Å². The second-order valence-electron chi connectivity index (χ2n) is 4.44. The molecular formula is C14H20N2O3. The van der Waals surface area contributed by atoms with Gasteiger partial charge in [-0.25, -0.2) is 4.79 Å². The number of nitrogens with two attached hydrogens (primary N) is 1. The van der Waals surface area contributed by atoms with Crippen molar-refractivity contribution in [3.8, 4) is 0 Å². The molecule has 0 saturated carbocycles. The number of hydrogen-bond donors (Lipinski definition) is 3. The third-order valence-corrected chi connectivity index (χ3v) is 2.85. The topological polar surface area (TPSA) is 92.4 Å². The maximum Gasteiger partial charge on any atom is 0.335 e. The molecule has 0 aromatic heterocycles. The number of nitrogens with one attached hydrogen (secondary N) is 1. The predicted molar refractivity (Wildman–Crippen MR) is 73.0 cm³/mol. The van der Waals surface area contributed by atoms with Crippen molar-refractivity contribution >= 4 is 11.9 Å². The van der Waals surface area contributed by atoms with Crippen molar-refractivity contribution in [2.24, 2.45) is 5.73 Å². The molecule has 0 fully saturated rings. The van der Waals surface area contributed by atoms with Crippen molar-refractivity contribution in [1.82, 2.24) is 5.32 Å². The average Bonchev–Trinajstić information content (AvgIpc) is 2.39. The first-order valence-electron chi connectivity index (χ1n) is 6.40. The molecule has 104 valence electrons. The van der Waals surface area contributed by atoms with Crippen LogP contribution in [0.15, 0.2) is 24.3 Å². The molecule has 0 saturated heterocycles. The maximum atomic E-state index is 11.6. The number of carbonyl (C=O) groups is 2. The van der Waals surface area contributed by atoms with E-state index in [1.54, 1.807) is 24.3 Å². The van der Waals surface area contributed by atoms with Crippen LogP contribution in [0, 0.1) is 0 Å². The number of benzene rings is 1. The Balaban J connectivity index is 2.37. The Hall–Kier alpha value is -1.88. The summed E-state index contributed by atoms with van der Waals surface area (Å²) in [7, 11) is 0. The fourth-order valence-corrected chi connectivity index (χ4v) is 1.72. The summed E-state index contributed by atoms with van der Waals surface area (Å²) in [5, 5.41) is 11.5. The number of carbonyl (C=O) groups excluding carboxylic acids is 1. The molecule has 0 heterocycles. The molecule has 0 spiro atoms. The number of carboxylic acid groups (broad SMARTS) is 1. The van der Waals surface area contributed by atoms with Crippen LogP contribution in [0.4, 0.5) is 0 Å². The smallest absolute Gasteiger partial charge is 0.335 e. The zero-order valence-corrected chi connectivity index (χ0v) is 11.1. The van der Waals surface area contributed by atoms with E-state index in [-0.39, 0.29) is 11.5 Å². The minimum atomic E-state index is -0.939. The Kier molecular flexibility index (Phi) is 6.02. The summed E-state index contributed by atoms with van der Waals surface area (Å²) in [6.45, 7) is 2.49. The van der Waals surface area contributed by atoms with E-state index in [0.717, 1.165) is 12.0 Å². The molecule has 5 nitrogen and oxygen atoms in total. The molecule has 1 aromatic carbocycles. The van der Waals surface area contributed by atoms with Gasteiger partial charge in [-0.3, -0.25) is 4.79 Å². The predicted octanol–water partition coefficient (Wildman–Crippen LogP) is 1.17. The van der Waals surface area contributed by atoms with Crippen LogP contribution >= 0.6 is 0 Å². The van der Waals surface area contributed by atoms with E-state index < -0.39 is 12.0 Å². The molecule has 0 aliphatic rings. The fraction of sp³-hybridized carbons (Fsp3) is 0.429. The van der Waals surface area contributed by atoms with Gasteiger partial charge in [-0.15, -0.1) is 0 Å². The highest BCUT2D eigenvalue weighted by molar-refractivity contribution is 5.87. The van der Waals surface area contributed by atoms with Crippen molar-refractivity contribution in [2.45, 2.75) is 32.2 Å². The first kappa shape index (κ1) is 15.2. The minimum absolute atomic E-state index is 0.135. The highest BCUT2D eigenvalue weighted by Gasteiger charge is 2.11. The van der Waals surface area contributed by atoms with Gasteiger partial charge >= 0.3 is 5.97 Å². The highest BCUT2D eigenvalue weighted by Crippen LogP contribution is 2.04. The Morgan fingerprint density at radius 1 is 1.32 bits per heavy atom. The molecule has 0 unspecified atom stereocenters. The third-order valence-electron chi connectivity index (χ3n) is 2.85. The molecule has 1 aromatic rings. The standard InChI is InChI=1S/C14H20N2O3/c1-2-3-12(15)13(17)16-9-8-10-4-6-11(7-5-10)14(18)19/h4-7,12H,2-3,8-9,15H2,1H3,(H,16,17)(H,18,19)/t12-/m1/s1. The van der Waals surface area contributed by atoms with E-state index in [9.17, 15) is 9.59 Å². The van der Waals surface area contributed by atoms with Crippen molar-refractivity contribution in [3.63, 3.8) is 0 Å². The van der Waals surface area contributed by atoms with E-state index in [0.29, 0.717) is 19.4 Å². The number of amides is 1. The van der Waals surface area contributed by atoms with Gasteiger partial charge in [0, 0.05) is 6.54 Å². The molecule has 1 amide bonds. The van der Waals surface area contributed by atoms with Crippen LogP contribution in [0.2, 0.25) is 0 Å². The molecule has 0 aliphatic carbocycles. The lowest BCUT2D eigenvalue weighted by Gasteiger charge is -2.11. The third kappa shape index (κ3) is 5.09. The van der Waals surface area contributed by atoms with Gasteiger partial charge in [-0.2, -0.15) is 0 Å². The lowest BCUT2D eigenvalue weighted by molar-refractivity contribution is -0.122. The van der Waals surface area contributed by atoms with Gasteiger partial charge in [0.2, 0.25) is 5.91 Å². The van der Waals surface area contributed by atoms with Crippen LogP contribution < -0.4 is 11.1 Å². The van der Waals surface area contributed by atoms with E-state index in [1.807, 2.05) is 6.92 Å². The average molecular weight is 264 g/mol. The van der Waals surface area contributed by atoms with E-state index >= 15 is 0 Å². The maximum absolute atomic E-state index is 11.6. The zero-order valence-electron chi connectivity index (χ0n) is 11.1. The second-order valence-corrected chi connectivity index (χ2v) is 4.44. The molecule has 0 bridgehead atoms. The fourth-order valence-electron chi connectivity index (χ4n) is 1.72. The van der Waals surface area contributed by atoms with Crippen LogP contribution in [0.25, 0.3) is 0 Å². The molecule has 1 atom stereocenters. The Labute approximate surface area is 112 Å². The van der Waals surface area contributed by atoms with Crippen LogP contribution in [0.3, 0.4) is 0 Å². The monoisotopic (exact) mass is 264 g/mol. The van der Waals surface area contributed by atoms with Crippen molar-refractivity contribution in [3.05, 3.63) is 35.4 Å². The van der Waals surface area contributed by atoms with Crippen LogP contribution in [-0.2, 0) is 11.2 Å². The van der Waals surface area contributed by atoms with Gasteiger partial charge in [0.05, 0.1) is 11.6 Å². The summed E-state index contributed by atoms with van der Waals surface area (Å²) >= 11 is 0. The van der Waals surface area contributed by atoms with Crippen molar-refractivity contribution in [2.75, 3.05) is 6.54 Å². The SMILES string of the molecule is CCC[C@@H](N)C(=O)NCCc1ccc(C(=O)O)cc1. The minimum Gasteiger partial charge on any atom is -0.478 e.